The molecule has 0 amide bonds. The van der Waals surface area contributed by atoms with Crippen molar-refractivity contribution in [3.05, 3.63) is 82.8 Å². The first-order chi connectivity index (χ1) is 31.0. The van der Waals surface area contributed by atoms with Gasteiger partial charge in [0.25, 0.3) is 0 Å². The number of unbranched alkanes of at least 4 members (excludes halogenated alkanes) is 16. The number of para-hydroxylation sites is 1. The molecule has 0 bridgehead atoms. The highest BCUT2D eigenvalue weighted by Crippen LogP contribution is 2.53. The number of rotatable bonds is 32. The summed E-state index contributed by atoms with van der Waals surface area (Å²) in [5, 5.41) is 14.3. The maximum atomic E-state index is 14.7. The molecule has 1 unspecified atom stereocenters. The van der Waals surface area contributed by atoms with Gasteiger partial charge in [-0.1, -0.05) is 146 Å². The Labute approximate surface area is 387 Å². The minimum absolute atomic E-state index is 0.0519. The zero-order chi connectivity index (χ0) is 45.6. The first-order valence-electron chi connectivity index (χ1n) is 23.9. The molecule has 1 saturated heterocycles. The number of hydrogen-bond acceptors (Lipinski definition) is 11. The molecule has 2 aromatic heterocycles. The molecule has 14 heteroatoms. The Morgan fingerprint density at radius 2 is 1.56 bits per heavy atom. The van der Waals surface area contributed by atoms with Crippen LogP contribution in [0.1, 0.15) is 179 Å². The Morgan fingerprint density at radius 3 is 2.20 bits per heavy atom. The Bertz CT molecular complexity index is 2080. The lowest BCUT2D eigenvalue weighted by Crippen LogP contribution is -2.30. The topological polar surface area (TPSA) is 152 Å². The second-order valence-electron chi connectivity index (χ2n) is 17.8. The SMILES string of the molecule is CCCCCCCCCCCCCCCCCCC[C@H](COP(=O)(OC[C@]1(C)CC[C@H](c2ccc3c(N)ncnn23)O1)Oc1ccccc1Cl)OCc1ccc(C#N)c(OC(C)C)c1. The van der Waals surface area contributed by atoms with Gasteiger partial charge in [-0.15, -0.1) is 0 Å². The van der Waals surface area contributed by atoms with Gasteiger partial charge in [0.2, 0.25) is 0 Å². The lowest BCUT2D eigenvalue weighted by atomic mass is 10.0. The molecule has 64 heavy (non-hydrogen) atoms. The highest BCUT2D eigenvalue weighted by atomic mass is 35.5. The largest absolute Gasteiger partial charge is 0.530 e. The van der Waals surface area contributed by atoms with Gasteiger partial charge in [0, 0.05) is 0 Å². The van der Waals surface area contributed by atoms with Crippen molar-refractivity contribution in [3.63, 3.8) is 0 Å². The second-order valence-corrected chi connectivity index (χ2v) is 19.8. The van der Waals surface area contributed by atoms with E-state index >= 15 is 0 Å². The molecule has 1 fully saturated rings. The summed E-state index contributed by atoms with van der Waals surface area (Å²) in [7, 11) is -4.29. The maximum Gasteiger partial charge on any atom is 0.530 e. The number of phosphoric ester groups is 1. The summed E-state index contributed by atoms with van der Waals surface area (Å²) in [6.45, 7) is 8.16. The number of nitriles is 1. The minimum atomic E-state index is -4.29. The molecule has 5 rings (SSSR count). The van der Waals surface area contributed by atoms with E-state index in [0.29, 0.717) is 41.9 Å². The van der Waals surface area contributed by atoms with E-state index in [1.807, 2.05) is 45.0 Å². The van der Waals surface area contributed by atoms with E-state index < -0.39 is 19.5 Å². The number of phosphoric acid groups is 1. The molecule has 4 atom stereocenters. The summed E-state index contributed by atoms with van der Waals surface area (Å²) in [6, 6.07) is 18.3. The number of nitrogens with two attached hydrogens (primary N) is 1. The van der Waals surface area contributed by atoms with Gasteiger partial charge in [-0.05, 0) is 82.0 Å². The van der Waals surface area contributed by atoms with E-state index in [1.54, 1.807) is 34.8 Å². The van der Waals surface area contributed by atoms with Crippen LogP contribution >= 0.6 is 19.4 Å². The highest BCUT2D eigenvalue weighted by Gasteiger charge is 2.42. The van der Waals surface area contributed by atoms with Crippen molar-refractivity contribution in [1.82, 2.24) is 14.6 Å². The molecule has 0 spiro atoms. The van der Waals surface area contributed by atoms with Crippen LogP contribution in [0.2, 0.25) is 5.02 Å². The number of nitrogen functional groups attached to an aromatic ring is 1. The van der Waals surface area contributed by atoms with Crippen LogP contribution in [0.4, 0.5) is 5.82 Å². The predicted octanol–water partition coefficient (Wildman–Crippen LogP) is 14.1. The first-order valence-corrected chi connectivity index (χ1v) is 25.8. The summed E-state index contributed by atoms with van der Waals surface area (Å²) in [4.78, 5) is 4.09. The van der Waals surface area contributed by atoms with Crippen LogP contribution in [0.5, 0.6) is 11.5 Å². The number of ether oxygens (including phenoxy) is 3. The second kappa shape index (κ2) is 27.1. The van der Waals surface area contributed by atoms with Crippen molar-refractivity contribution in [2.45, 2.75) is 187 Å². The molecule has 352 valence electrons. The van der Waals surface area contributed by atoms with Crippen molar-refractivity contribution < 1.29 is 32.3 Å². The quantitative estimate of drug-likeness (QED) is 0.0368. The van der Waals surface area contributed by atoms with Gasteiger partial charge in [0.15, 0.2) is 5.82 Å². The third kappa shape index (κ3) is 16.9. The fraction of sp³-hybridized carbons (Fsp3) is 0.620. The van der Waals surface area contributed by atoms with Gasteiger partial charge in [-0.3, -0.25) is 9.05 Å². The van der Waals surface area contributed by atoms with E-state index in [1.165, 1.54) is 96.2 Å². The van der Waals surface area contributed by atoms with E-state index in [0.717, 1.165) is 30.5 Å². The average molecular weight is 923 g/mol. The molecule has 0 aliphatic carbocycles. The third-order valence-corrected chi connectivity index (χ3v) is 13.5. The number of anilines is 1. The van der Waals surface area contributed by atoms with Crippen molar-refractivity contribution >= 4 is 30.8 Å². The molecule has 0 saturated carbocycles. The highest BCUT2D eigenvalue weighted by molar-refractivity contribution is 7.49. The molecular weight excluding hydrogens is 849 g/mol. The average Bonchev–Trinajstić information content (AvgIpc) is 3.90. The van der Waals surface area contributed by atoms with Gasteiger partial charge in [0.05, 0.1) is 53.9 Å². The van der Waals surface area contributed by atoms with E-state index in [9.17, 15) is 9.83 Å². The number of halogens is 1. The van der Waals surface area contributed by atoms with Crippen LogP contribution in [0.15, 0.2) is 60.9 Å². The lowest BCUT2D eigenvalue weighted by Gasteiger charge is -2.28. The van der Waals surface area contributed by atoms with E-state index in [-0.39, 0.29) is 42.8 Å². The first kappa shape index (κ1) is 51.3. The van der Waals surface area contributed by atoms with Crippen molar-refractivity contribution in [2.24, 2.45) is 0 Å². The third-order valence-electron chi connectivity index (χ3n) is 11.8. The van der Waals surface area contributed by atoms with Crippen molar-refractivity contribution in [1.29, 1.82) is 5.26 Å². The number of hydrogen-bond donors (Lipinski definition) is 1. The minimum Gasteiger partial charge on any atom is -0.490 e. The summed E-state index contributed by atoms with van der Waals surface area (Å²) in [5.41, 5.74) is 8.12. The molecule has 3 heterocycles. The standard InChI is InChI=1S/C50H73ClN5O7P/c1-5-6-7-8-9-10-11-12-13-14-15-16-17-18-19-20-21-24-42(58-35-40-27-28-41(34-52)48(33-40)61-39(2)3)36-59-64(57,63-46-26-23-22-25-43(46)51)60-37-50(4)32-31-47(62-50)44-29-30-45-49(53)54-38-55-56(44)45/h22-23,25-30,33,38-39,42,47H,5-21,24,31-32,35-37H2,1-4H3,(H2,53,54,55)/t42-,47-,50+,64?/m1/s1. The fourth-order valence-corrected chi connectivity index (χ4v) is 9.76. The number of fused-ring (bicyclic) bond motifs is 1. The molecule has 2 N–H and O–H groups in total. The van der Waals surface area contributed by atoms with Crippen molar-refractivity contribution in [3.8, 4) is 17.6 Å². The zero-order valence-electron chi connectivity index (χ0n) is 38.8. The summed E-state index contributed by atoms with van der Waals surface area (Å²) < 4.78 is 53.7. The summed E-state index contributed by atoms with van der Waals surface area (Å²) in [5.74, 6) is 1.08. The van der Waals surface area contributed by atoms with Crippen LogP contribution in [0, 0.1) is 11.3 Å². The molecule has 1 aliphatic rings. The van der Waals surface area contributed by atoms with E-state index in [2.05, 4.69) is 23.1 Å². The molecular formula is C50H73ClN5O7P. The molecule has 4 aromatic rings. The molecule has 12 nitrogen and oxygen atoms in total. The Morgan fingerprint density at radius 1 is 0.906 bits per heavy atom. The van der Waals surface area contributed by atoms with Crippen LogP contribution in [-0.2, 0) is 29.7 Å². The molecule has 1 aliphatic heterocycles. The Kier molecular flexibility index (Phi) is 21.7. The van der Waals surface area contributed by atoms with Crippen LogP contribution in [0.3, 0.4) is 0 Å². The van der Waals surface area contributed by atoms with Gasteiger partial charge >= 0.3 is 7.82 Å². The maximum absolute atomic E-state index is 14.7. The predicted molar refractivity (Wildman–Crippen MR) is 255 cm³/mol. The molecule has 2 aromatic carbocycles. The van der Waals surface area contributed by atoms with Gasteiger partial charge < -0.3 is 24.5 Å². The fourth-order valence-electron chi connectivity index (χ4n) is 8.17. The van der Waals surface area contributed by atoms with Gasteiger partial charge in [-0.25, -0.2) is 14.1 Å². The Balaban J connectivity index is 1.16. The number of aromatic nitrogens is 3. The molecule has 0 radical (unpaired) electrons. The van der Waals surface area contributed by atoms with Crippen LogP contribution in [-0.4, -0.2) is 45.6 Å². The van der Waals surface area contributed by atoms with Crippen LogP contribution < -0.4 is 15.0 Å². The number of benzene rings is 2. The summed E-state index contributed by atoms with van der Waals surface area (Å²) in [6.07, 6.45) is 24.5. The van der Waals surface area contributed by atoms with Crippen molar-refractivity contribution in [2.75, 3.05) is 18.9 Å². The summed E-state index contributed by atoms with van der Waals surface area (Å²) >= 11 is 6.49. The lowest BCUT2D eigenvalue weighted by molar-refractivity contribution is -0.0657. The normalized spacial score (nSPS) is 17.7. The van der Waals surface area contributed by atoms with Gasteiger partial charge in [-0.2, -0.15) is 10.4 Å². The number of nitrogens with zero attached hydrogens (tertiary/aromatic N) is 4. The Hall–Kier alpha value is -3.69. The monoisotopic (exact) mass is 921 g/mol. The van der Waals surface area contributed by atoms with Gasteiger partial charge in [0.1, 0.15) is 35.5 Å². The smallest absolute Gasteiger partial charge is 0.490 e. The van der Waals surface area contributed by atoms with E-state index in [4.69, 9.17) is 45.1 Å². The zero-order valence-corrected chi connectivity index (χ0v) is 40.5. The van der Waals surface area contributed by atoms with Crippen LogP contribution in [0.25, 0.3) is 5.52 Å².